The molecule has 0 unspecified atom stereocenters. The van der Waals surface area contributed by atoms with Gasteiger partial charge in [0.1, 0.15) is 11.2 Å². The molecule has 4 heteroatoms. The van der Waals surface area contributed by atoms with Gasteiger partial charge in [-0.05, 0) is 35.0 Å². The maximum Gasteiger partial charge on any atom is 0.235 e. The van der Waals surface area contributed by atoms with Crippen LogP contribution in [0.2, 0.25) is 0 Å². The van der Waals surface area contributed by atoms with Crippen molar-refractivity contribution in [2.24, 2.45) is 0 Å². The number of hydrogen-bond donors (Lipinski definition) is 0. The van der Waals surface area contributed by atoms with Gasteiger partial charge in [0, 0.05) is 38.6 Å². The highest BCUT2D eigenvalue weighted by atomic mass is 16.3. The largest absolute Gasteiger partial charge is 0.456 e. The lowest BCUT2D eigenvalue weighted by Crippen LogP contribution is -2.03. The minimum Gasteiger partial charge on any atom is -0.456 e. The van der Waals surface area contributed by atoms with Gasteiger partial charge in [0.05, 0.1) is 22.2 Å². The maximum absolute atomic E-state index is 6.46. The van der Waals surface area contributed by atoms with Crippen molar-refractivity contribution >= 4 is 65.4 Å². The minimum atomic E-state index is 0.643. The predicted octanol–water partition coefficient (Wildman–Crippen LogP) is 9.45. The second kappa shape index (κ2) is 8.01. The molecule has 6 aromatic carbocycles. The summed E-state index contributed by atoms with van der Waals surface area (Å²) in [4.78, 5) is 10.3. The van der Waals surface area contributed by atoms with Crippen LogP contribution in [0.3, 0.4) is 0 Å². The van der Waals surface area contributed by atoms with Crippen LogP contribution in [0.5, 0.6) is 0 Å². The Bertz CT molecular complexity index is 2430. The highest BCUT2D eigenvalue weighted by Crippen LogP contribution is 2.40. The van der Waals surface area contributed by atoms with Gasteiger partial charge in [-0.2, -0.15) is 0 Å². The van der Waals surface area contributed by atoms with Crippen LogP contribution in [0.15, 0.2) is 132 Å². The molecule has 0 amide bonds. The molecule has 0 spiro atoms. The van der Waals surface area contributed by atoms with Gasteiger partial charge in [-0.15, -0.1) is 0 Å². The molecule has 9 aromatic rings. The zero-order valence-electron chi connectivity index (χ0n) is 21.4. The number of fused-ring (bicyclic) bond motifs is 9. The molecule has 9 rings (SSSR count). The third kappa shape index (κ3) is 2.96. The van der Waals surface area contributed by atoms with Crippen molar-refractivity contribution in [2.45, 2.75) is 0 Å². The highest BCUT2D eigenvalue weighted by Gasteiger charge is 2.20. The molecule has 0 aliphatic heterocycles. The molecule has 186 valence electrons. The quantitative estimate of drug-likeness (QED) is 0.232. The van der Waals surface area contributed by atoms with E-state index in [2.05, 4.69) is 102 Å². The van der Waals surface area contributed by atoms with Crippen LogP contribution in [0.1, 0.15) is 0 Å². The summed E-state index contributed by atoms with van der Waals surface area (Å²) in [5.41, 5.74) is 6.73. The molecule has 0 aliphatic rings. The molecule has 0 radical (unpaired) electrons. The van der Waals surface area contributed by atoms with Crippen LogP contribution in [0, 0.1) is 0 Å². The Balaban J connectivity index is 1.42. The van der Waals surface area contributed by atoms with E-state index in [0.29, 0.717) is 5.95 Å². The zero-order valence-corrected chi connectivity index (χ0v) is 21.4. The van der Waals surface area contributed by atoms with Gasteiger partial charge in [-0.25, -0.2) is 9.97 Å². The van der Waals surface area contributed by atoms with Gasteiger partial charge in [0.25, 0.3) is 0 Å². The van der Waals surface area contributed by atoms with Gasteiger partial charge in [0.2, 0.25) is 5.95 Å². The van der Waals surface area contributed by atoms with Crippen LogP contribution >= 0.6 is 0 Å². The second-order valence-electron chi connectivity index (χ2n) is 10.2. The predicted molar refractivity (Wildman–Crippen MR) is 164 cm³/mol. The van der Waals surface area contributed by atoms with E-state index < -0.39 is 0 Å². The van der Waals surface area contributed by atoms with Crippen molar-refractivity contribution in [1.29, 1.82) is 0 Å². The molecule has 0 saturated carbocycles. The van der Waals surface area contributed by atoms with Gasteiger partial charge in [-0.3, -0.25) is 4.57 Å². The van der Waals surface area contributed by atoms with Crippen LogP contribution in [-0.2, 0) is 0 Å². The monoisotopic (exact) mass is 511 g/mol. The van der Waals surface area contributed by atoms with Crippen molar-refractivity contribution in [2.75, 3.05) is 0 Å². The fourth-order valence-corrected chi connectivity index (χ4v) is 6.20. The number of rotatable bonds is 2. The smallest absolute Gasteiger partial charge is 0.235 e. The highest BCUT2D eigenvalue weighted by molar-refractivity contribution is 6.23. The minimum absolute atomic E-state index is 0.643. The molecular weight excluding hydrogens is 490 g/mol. The summed E-state index contributed by atoms with van der Waals surface area (Å²) in [5, 5.41) is 8.02. The van der Waals surface area contributed by atoms with Crippen LogP contribution in [-0.4, -0.2) is 14.5 Å². The average Bonchev–Trinajstić information content (AvgIpc) is 3.55. The first kappa shape index (κ1) is 21.5. The Morgan fingerprint density at radius 2 is 1.25 bits per heavy atom. The number of hydrogen-bond acceptors (Lipinski definition) is 3. The number of para-hydroxylation sites is 2. The number of benzene rings is 6. The molecule has 0 atom stereocenters. The van der Waals surface area contributed by atoms with Crippen molar-refractivity contribution in [3.63, 3.8) is 0 Å². The van der Waals surface area contributed by atoms with E-state index in [1.165, 1.54) is 10.8 Å². The van der Waals surface area contributed by atoms with E-state index in [0.717, 1.165) is 65.9 Å². The van der Waals surface area contributed by atoms with Crippen molar-refractivity contribution in [3.8, 4) is 17.2 Å². The third-order valence-electron chi connectivity index (χ3n) is 7.99. The van der Waals surface area contributed by atoms with Gasteiger partial charge < -0.3 is 4.42 Å². The Kier molecular flexibility index (Phi) is 4.30. The summed E-state index contributed by atoms with van der Waals surface area (Å²) in [6, 6.07) is 44.2. The van der Waals surface area contributed by atoms with E-state index in [4.69, 9.17) is 14.4 Å². The molecule has 0 saturated heterocycles. The lowest BCUT2D eigenvalue weighted by molar-refractivity contribution is 0.669. The van der Waals surface area contributed by atoms with E-state index in [1.807, 2.05) is 30.3 Å². The summed E-state index contributed by atoms with van der Waals surface area (Å²) in [6.07, 6.45) is 0. The summed E-state index contributed by atoms with van der Waals surface area (Å²) < 4.78 is 8.64. The molecule has 4 nitrogen and oxygen atoms in total. The molecule has 3 aromatic heterocycles. The third-order valence-corrected chi connectivity index (χ3v) is 7.99. The fourth-order valence-electron chi connectivity index (χ4n) is 6.20. The Morgan fingerprint density at radius 3 is 2.15 bits per heavy atom. The first-order valence-electron chi connectivity index (χ1n) is 13.4. The fraction of sp³-hybridized carbons (Fsp3) is 0. The van der Waals surface area contributed by atoms with Gasteiger partial charge in [-0.1, -0.05) is 97.1 Å². The molecule has 0 bridgehead atoms. The SMILES string of the molecule is c1ccc(-c2nc(-n3c4ccccc4c4cc5c(cc43)oc3ccc4ccccc4c35)nc3ccccc23)cc1. The van der Waals surface area contributed by atoms with Crippen molar-refractivity contribution in [1.82, 2.24) is 14.5 Å². The number of nitrogens with zero attached hydrogens (tertiary/aromatic N) is 3. The summed E-state index contributed by atoms with van der Waals surface area (Å²) in [7, 11) is 0. The van der Waals surface area contributed by atoms with Crippen LogP contribution in [0.4, 0.5) is 0 Å². The Hall–Kier alpha value is -5.48. The maximum atomic E-state index is 6.46. The molecule has 0 fully saturated rings. The Morgan fingerprint density at radius 1 is 0.500 bits per heavy atom. The normalized spacial score (nSPS) is 12.0. The summed E-state index contributed by atoms with van der Waals surface area (Å²) in [5.74, 6) is 0.643. The van der Waals surface area contributed by atoms with Gasteiger partial charge >= 0.3 is 0 Å². The van der Waals surface area contributed by atoms with Crippen LogP contribution in [0.25, 0.3) is 82.6 Å². The average molecular weight is 512 g/mol. The number of aromatic nitrogens is 3. The summed E-state index contributed by atoms with van der Waals surface area (Å²) in [6.45, 7) is 0. The lowest BCUT2D eigenvalue weighted by atomic mass is 10.0. The topological polar surface area (TPSA) is 43.9 Å². The molecule has 3 heterocycles. The van der Waals surface area contributed by atoms with E-state index in [1.54, 1.807) is 0 Å². The number of furan rings is 1. The zero-order chi connectivity index (χ0) is 26.2. The standard InChI is InChI=1S/C36H21N3O/c1-2-11-23(12-3-1)35-26-15-6-8-16-29(26)37-36(38-35)39-30-17-9-7-14-25(30)27-20-28-33(21-31(27)39)40-32-19-18-22-10-4-5-13-24(22)34(28)32/h1-21H. The van der Waals surface area contributed by atoms with E-state index in [-0.39, 0.29) is 0 Å². The first-order valence-corrected chi connectivity index (χ1v) is 13.4. The molecule has 0 N–H and O–H groups in total. The van der Waals surface area contributed by atoms with E-state index >= 15 is 0 Å². The van der Waals surface area contributed by atoms with E-state index in [9.17, 15) is 0 Å². The second-order valence-corrected chi connectivity index (χ2v) is 10.2. The first-order chi connectivity index (χ1) is 19.8. The Labute approximate surface area is 228 Å². The van der Waals surface area contributed by atoms with Crippen molar-refractivity contribution < 1.29 is 4.42 Å². The molecule has 40 heavy (non-hydrogen) atoms. The molecule has 0 aliphatic carbocycles. The summed E-state index contributed by atoms with van der Waals surface area (Å²) >= 11 is 0. The molecular formula is C36H21N3O. The van der Waals surface area contributed by atoms with Crippen molar-refractivity contribution in [3.05, 3.63) is 127 Å². The van der Waals surface area contributed by atoms with Crippen LogP contribution < -0.4 is 0 Å². The lowest BCUT2D eigenvalue weighted by Gasteiger charge is -2.11. The van der Waals surface area contributed by atoms with Gasteiger partial charge in [0.15, 0.2) is 0 Å².